The molecule has 4 aliphatic rings. The highest BCUT2D eigenvalue weighted by molar-refractivity contribution is 8.00. The fourth-order valence-electron chi connectivity index (χ4n) is 8.51. The van der Waals surface area contributed by atoms with Gasteiger partial charge in [0.05, 0.1) is 36.1 Å². The molecule has 1 aromatic carbocycles. The largest absolute Gasteiger partial charge is 0.495 e. The molecule has 3 heterocycles. The summed E-state index contributed by atoms with van der Waals surface area (Å²) in [6.45, 7) is 3.77. The zero-order chi connectivity index (χ0) is 31.8. The average molecular weight is 661 g/mol. The molecular weight excluding hydrogens is 623 g/mol. The van der Waals surface area contributed by atoms with Crippen LogP contribution >= 0.6 is 18.9 Å². The third kappa shape index (κ3) is 5.31. The number of halogens is 4. The predicted octanol–water partition coefficient (Wildman–Crippen LogP) is 7.04. The standard InChI is InChI=1S/C33H37F4N4O2PS/c1-43-28-19-22(44(2,3)42)8-9-26(28)38-15-4-6-21-18-27-25(7-5-16-40(27)29(21)45-33(35,36)37)39-24-10-11-32-13-12-31(20-23(24)31)30(32)41(32)17-14-34/h5,7-9,16,18-19,23-24,30,38-39H,10-15,17,20H2,1-3H3/t23?,24-,30?,31?,32?,41?/m1/s1. The van der Waals surface area contributed by atoms with Crippen LogP contribution in [0.2, 0.25) is 0 Å². The normalized spacial score (nSPS) is 29.7. The summed E-state index contributed by atoms with van der Waals surface area (Å²) in [5, 5.41) is 7.63. The van der Waals surface area contributed by atoms with Gasteiger partial charge in [0.2, 0.25) is 0 Å². The minimum atomic E-state index is -4.48. The van der Waals surface area contributed by atoms with Crippen LogP contribution in [0.25, 0.3) is 5.52 Å². The van der Waals surface area contributed by atoms with E-state index in [1.54, 1.807) is 54.3 Å². The Kier molecular flexibility index (Phi) is 7.46. The minimum Gasteiger partial charge on any atom is -0.495 e. The number of methoxy groups -OCH3 is 1. The second-order valence-corrected chi connectivity index (χ2v) is 17.5. The second-order valence-electron chi connectivity index (χ2n) is 13.2. The minimum absolute atomic E-state index is 0.0297. The molecule has 3 aromatic rings. The monoisotopic (exact) mass is 660 g/mol. The van der Waals surface area contributed by atoms with Gasteiger partial charge in [0, 0.05) is 47.4 Å². The van der Waals surface area contributed by atoms with Crippen LogP contribution in [0.3, 0.4) is 0 Å². The zero-order valence-electron chi connectivity index (χ0n) is 25.5. The van der Waals surface area contributed by atoms with Crippen molar-refractivity contribution in [3.05, 3.63) is 48.2 Å². The Morgan fingerprint density at radius 1 is 1.16 bits per heavy atom. The van der Waals surface area contributed by atoms with E-state index in [0.717, 1.165) is 31.4 Å². The molecule has 240 valence electrons. The van der Waals surface area contributed by atoms with Crippen molar-refractivity contribution < 1.29 is 26.9 Å². The van der Waals surface area contributed by atoms with Gasteiger partial charge in [0.25, 0.3) is 0 Å². The van der Waals surface area contributed by atoms with Gasteiger partial charge in [-0.25, -0.2) is 4.39 Å². The second kappa shape index (κ2) is 10.9. The van der Waals surface area contributed by atoms with Gasteiger partial charge in [-0.3, -0.25) is 4.90 Å². The van der Waals surface area contributed by atoms with Crippen LogP contribution in [-0.4, -0.2) is 72.6 Å². The van der Waals surface area contributed by atoms with Gasteiger partial charge in [0.15, 0.2) is 0 Å². The number of alkyl halides is 4. The van der Waals surface area contributed by atoms with Gasteiger partial charge < -0.3 is 24.3 Å². The van der Waals surface area contributed by atoms with E-state index < -0.39 is 12.7 Å². The molecule has 7 rings (SSSR count). The number of ether oxygens (including phenoxy) is 1. The first kappa shape index (κ1) is 30.8. The van der Waals surface area contributed by atoms with Gasteiger partial charge in [-0.2, -0.15) is 13.2 Å². The van der Waals surface area contributed by atoms with Gasteiger partial charge in [-0.1, -0.05) is 11.8 Å². The Hall–Kier alpha value is -2.80. The molecule has 1 aliphatic heterocycles. The van der Waals surface area contributed by atoms with Gasteiger partial charge in [0.1, 0.15) is 24.6 Å². The number of thioether (sulfide) groups is 1. The first-order valence-corrected chi connectivity index (χ1v) is 18.8. The average Bonchev–Trinajstić information content (AvgIpc) is 3.75. The van der Waals surface area contributed by atoms with Crippen molar-refractivity contribution in [2.45, 2.75) is 60.3 Å². The summed E-state index contributed by atoms with van der Waals surface area (Å²) in [6, 6.07) is 11.5. The lowest BCUT2D eigenvalue weighted by Crippen LogP contribution is -2.31. The Morgan fingerprint density at radius 2 is 1.98 bits per heavy atom. The van der Waals surface area contributed by atoms with Crippen LogP contribution < -0.4 is 20.7 Å². The maximum atomic E-state index is 13.7. The SMILES string of the molecule is COc1cc(P(C)(C)=O)ccc1NCC#Cc1cc2c(N[C@@H]3CCC45CCC6(CC36)C4N5CCF)cccn2c1SC(F)(F)F. The molecule has 1 saturated heterocycles. The molecule has 12 heteroatoms. The topological polar surface area (TPSA) is 57.8 Å². The summed E-state index contributed by atoms with van der Waals surface area (Å²) < 4.78 is 73.9. The maximum Gasteiger partial charge on any atom is 0.447 e. The lowest BCUT2D eigenvalue weighted by Gasteiger charge is -2.28. The summed E-state index contributed by atoms with van der Waals surface area (Å²) in [5.74, 6) is 6.97. The molecular formula is C33H37F4N4O2PS. The molecule has 3 aliphatic carbocycles. The highest BCUT2D eigenvalue weighted by atomic mass is 32.2. The number of anilines is 2. The van der Waals surface area contributed by atoms with Crippen molar-refractivity contribution in [3.63, 3.8) is 0 Å². The van der Waals surface area contributed by atoms with Crippen molar-refractivity contribution in [2.75, 3.05) is 50.8 Å². The number of likely N-dealkylation sites (tertiary alicyclic amines) is 1. The number of nitrogens with zero attached hydrogens (tertiary/aromatic N) is 2. The molecule has 6 nitrogen and oxygen atoms in total. The van der Waals surface area contributed by atoms with Crippen LogP contribution in [0.1, 0.15) is 37.7 Å². The fourth-order valence-corrected chi connectivity index (χ4v) is 10.1. The van der Waals surface area contributed by atoms with E-state index in [-0.39, 0.29) is 47.0 Å². The van der Waals surface area contributed by atoms with Crippen molar-refractivity contribution in [1.82, 2.24) is 9.30 Å². The van der Waals surface area contributed by atoms with Crippen molar-refractivity contribution >= 4 is 41.1 Å². The fraction of sp³-hybridized carbons (Fsp3) is 0.515. The van der Waals surface area contributed by atoms with Gasteiger partial charge in [-0.15, -0.1) is 0 Å². The summed E-state index contributed by atoms with van der Waals surface area (Å²) in [4.78, 5) is 2.40. The number of hydrogen-bond acceptors (Lipinski definition) is 6. The molecule has 6 atom stereocenters. The molecule has 45 heavy (non-hydrogen) atoms. The smallest absolute Gasteiger partial charge is 0.447 e. The van der Waals surface area contributed by atoms with Crippen LogP contribution in [0.5, 0.6) is 5.75 Å². The number of benzene rings is 1. The first-order valence-electron chi connectivity index (χ1n) is 15.4. The summed E-state index contributed by atoms with van der Waals surface area (Å²) >= 11 is -0.157. The summed E-state index contributed by atoms with van der Waals surface area (Å²) in [7, 11) is -0.943. The number of hydrogen-bond donors (Lipinski definition) is 2. The van der Waals surface area contributed by atoms with E-state index in [0.29, 0.717) is 46.3 Å². The molecule has 2 N–H and O–H groups in total. The number of nitrogens with one attached hydrogen (secondary N) is 2. The molecule has 5 unspecified atom stereocenters. The summed E-state index contributed by atoms with van der Waals surface area (Å²) in [5.41, 5.74) is -1.64. The van der Waals surface area contributed by atoms with Crippen LogP contribution in [0.15, 0.2) is 47.6 Å². The van der Waals surface area contributed by atoms with Crippen molar-refractivity contribution in [2.24, 2.45) is 11.3 Å². The Balaban J connectivity index is 1.13. The van der Waals surface area contributed by atoms with Crippen molar-refractivity contribution in [3.8, 4) is 17.6 Å². The number of piperidine rings is 1. The van der Waals surface area contributed by atoms with E-state index in [1.807, 2.05) is 6.07 Å². The quantitative estimate of drug-likeness (QED) is 0.0845. The lowest BCUT2D eigenvalue weighted by molar-refractivity contribution is -0.0329. The van der Waals surface area contributed by atoms with Crippen molar-refractivity contribution in [1.29, 1.82) is 0 Å². The highest BCUT2D eigenvalue weighted by Crippen LogP contribution is 2.78. The predicted molar refractivity (Wildman–Crippen MR) is 172 cm³/mol. The van der Waals surface area contributed by atoms with E-state index in [4.69, 9.17) is 4.74 Å². The maximum absolute atomic E-state index is 13.7. The van der Waals surface area contributed by atoms with E-state index in [9.17, 15) is 22.1 Å². The Morgan fingerprint density at radius 3 is 2.71 bits per heavy atom. The number of pyridine rings is 1. The van der Waals surface area contributed by atoms with E-state index in [2.05, 4.69) is 27.4 Å². The molecule has 2 aromatic heterocycles. The number of fused-ring (bicyclic) bond motifs is 1. The molecule has 0 amide bonds. The third-order valence-corrected chi connectivity index (χ3v) is 12.8. The van der Waals surface area contributed by atoms with Gasteiger partial charge in [-0.05, 0) is 93.2 Å². The van der Waals surface area contributed by atoms with Crippen LogP contribution in [0, 0.1) is 23.2 Å². The zero-order valence-corrected chi connectivity index (χ0v) is 27.2. The third-order valence-electron chi connectivity index (χ3n) is 10.5. The molecule has 3 saturated carbocycles. The first-order chi connectivity index (χ1) is 21.4. The van der Waals surface area contributed by atoms with E-state index in [1.165, 1.54) is 13.5 Å². The van der Waals surface area contributed by atoms with E-state index >= 15 is 0 Å². The van der Waals surface area contributed by atoms with Crippen LogP contribution in [0.4, 0.5) is 28.9 Å². The number of aromatic nitrogens is 1. The van der Waals surface area contributed by atoms with Crippen LogP contribution in [-0.2, 0) is 4.57 Å². The molecule has 0 radical (unpaired) electrons. The molecule has 4 fully saturated rings. The molecule has 2 bridgehead atoms. The molecule has 1 spiro atoms. The Labute approximate surface area is 265 Å². The number of rotatable bonds is 9. The Bertz CT molecular complexity index is 1760. The lowest BCUT2D eigenvalue weighted by atomic mass is 9.93. The highest BCUT2D eigenvalue weighted by Gasteiger charge is 2.82. The summed E-state index contributed by atoms with van der Waals surface area (Å²) in [6.07, 6.45) is 7.12. The van der Waals surface area contributed by atoms with Gasteiger partial charge >= 0.3 is 5.51 Å².